The molecular weight excluding hydrogens is 501 g/mol. The molecule has 2 aromatic rings. The summed E-state index contributed by atoms with van der Waals surface area (Å²) >= 11 is 0. The first-order valence-electron chi connectivity index (χ1n) is 12.5. The number of nitro benzene ring substituents is 1. The first-order chi connectivity index (χ1) is 18.1. The third-order valence-electron chi connectivity index (χ3n) is 7.09. The van der Waals surface area contributed by atoms with E-state index in [0.29, 0.717) is 44.5 Å². The average molecular weight is 531 g/mol. The summed E-state index contributed by atoms with van der Waals surface area (Å²) in [4.78, 5) is 29.0. The Labute approximate surface area is 218 Å². The fraction of sp³-hybridized carbons (Fsp3) is 0.462. The molecule has 0 bridgehead atoms. The number of nitrogens with zero attached hydrogens (tertiary/aromatic N) is 5. The number of halogens is 3. The number of alkyl halides is 3. The number of carbonyl (C=O) groups is 1. The maximum Gasteiger partial charge on any atom is 0.423 e. The van der Waals surface area contributed by atoms with Crippen LogP contribution in [0.1, 0.15) is 30.4 Å². The molecule has 2 aromatic carbocycles. The molecule has 1 N–H and O–H groups in total. The van der Waals surface area contributed by atoms with Gasteiger partial charge in [-0.3, -0.25) is 19.8 Å². The molecule has 2 fully saturated rings. The minimum Gasteiger partial charge on any atom is -0.382 e. The highest BCUT2D eigenvalue weighted by atomic mass is 19.4. The van der Waals surface area contributed by atoms with Crippen LogP contribution in [0.2, 0.25) is 0 Å². The number of benzene rings is 2. The first kappa shape index (κ1) is 27.2. The van der Waals surface area contributed by atoms with E-state index in [1.165, 1.54) is 6.07 Å². The number of hydrogen-bond acceptors (Lipinski definition) is 7. The topological polar surface area (TPSA) is 106 Å². The summed E-state index contributed by atoms with van der Waals surface area (Å²) in [6.45, 7) is 5.04. The Morgan fingerprint density at radius 3 is 2.29 bits per heavy atom. The van der Waals surface area contributed by atoms with E-state index in [4.69, 9.17) is 5.26 Å². The Balaban J connectivity index is 1.20. The van der Waals surface area contributed by atoms with Crippen molar-refractivity contribution in [1.29, 1.82) is 5.26 Å². The number of piperazine rings is 1. The molecule has 0 spiro atoms. The number of nitriles is 1. The number of nitrogens with one attached hydrogen (secondary N) is 1. The van der Waals surface area contributed by atoms with Crippen LogP contribution in [0.4, 0.5) is 30.2 Å². The lowest BCUT2D eigenvalue weighted by Crippen LogP contribution is -2.48. The lowest BCUT2D eigenvalue weighted by molar-refractivity contribution is -0.388. The van der Waals surface area contributed by atoms with Gasteiger partial charge in [-0.15, -0.1) is 0 Å². The zero-order valence-corrected chi connectivity index (χ0v) is 20.8. The van der Waals surface area contributed by atoms with Crippen molar-refractivity contribution < 1.29 is 22.9 Å². The quantitative estimate of drug-likeness (QED) is 0.424. The Bertz CT molecular complexity index is 1180. The number of likely N-dealkylation sites (tertiary alicyclic amines) is 1. The Morgan fingerprint density at radius 2 is 1.71 bits per heavy atom. The second-order valence-electron chi connectivity index (χ2n) is 9.52. The van der Waals surface area contributed by atoms with Gasteiger partial charge in [-0.05, 0) is 49.2 Å². The number of anilines is 2. The van der Waals surface area contributed by atoms with Gasteiger partial charge >= 0.3 is 6.18 Å². The van der Waals surface area contributed by atoms with Gasteiger partial charge in [-0.25, -0.2) is 0 Å². The number of piperidine rings is 1. The molecule has 0 unspecified atom stereocenters. The first-order valence-corrected chi connectivity index (χ1v) is 12.5. The SMILES string of the molecule is N#Cc1ccc(N2CCN(CCC(=O)N3CCC(Nc4ccc([N+](=O)[O-])c(C(F)(F)F)c4)CC3)CC2)cc1. The van der Waals surface area contributed by atoms with E-state index in [-0.39, 0.29) is 17.6 Å². The van der Waals surface area contributed by atoms with Crippen molar-refractivity contribution >= 4 is 23.0 Å². The van der Waals surface area contributed by atoms with E-state index in [1.807, 2.05) is 24.3 Å². The van der Waals surface area contributed by atoms with Crippen LogP contribution in [0.3, 0.4) is 0 Å². The van der Waals surface area contributed by atoms with Gasteiger partial charge in [0.1, 0.15) is 5.56 Å². The highest BCUT2D eigenvalue weighted by Gasteiger charge is 2.38. The molecule has 0 aromatic heterocycles. The van der Waals surface area contributed by atoms with Crippen LogP contribution in [0, 0.1) is 21.4 Å². The zero-order valence-electron chi connectivity index (χ0n) is 20.8. The highest BCUT2D eigenvalue weighted by molar-refractivity contribution is 5.76. The van der Waals surface area contributed by atoms with Gasteiger partial charge in [-0.2, -0.15) is 18.4 Å². The van der Waals surface area contributed by atoms with Gasteiger partial charge in [0.25, 0.3) is 5.69 Å². The molecule has 2 aliphatic rings. The highest BCUT2D eigenvalue weighted by Crippen LogP contribution is 2.38. The number of rotatable bonds is 7. The van der Waals surface area contributed by atoms with Crippen LogP contribution in [0.15, 0.2) is 42.5 Å². The van der Waals surface area contributed by atoms with Crippen LogP contribution in [-0.2, 0) is 11.0 Å². The summed E-state index contributed by atoms with van der Waals surface area (Å²) < 4.78 is 39.7. The van der Waals surface area contributed by atoms with Gasteiger partial charge < -0.3 is 15.1 Å². The van der Waals surface area contributed by atoms with Crippen molar-refractivity contribution in [2.24, 2.45) is 0 Å². The number of carbonyl (C=O) groups excluding carboxylic acids is 1. The van der Waals surface area contributed by atoms with E-state index in [9.17, 15) is 28.1 Å². The van der Waals surface area contributed by atoms with Crippen LogP contribution in [0.25, 0.3) is 0 Å². The molecule has 2 saturated heterocycles. The molecule has 38 heavy (non-hydrogen) atoms. The van der Waals surface area contributed by atoms with Gasteiger partial charge in [0.2, 0.25) is 5.91 Å². The van der Waals surface area contributed by atoms with Gasteiger partial charge in [0, 0.05) is 75.7 Å². The Kier molecular flexibility index (Phi) is 8.36. The summed E-state index contributed by atoms with van der Waals surface area (Å²) in [6.07, 6.45) is -3.26. The summed E-state index contributed by atoms with van der Waals surface area (Å²) in [5, 5.41) is 22.9. The summed E-state index contributed by atoms with van der Waals surface area (Å²) in [6, 6.07) is 12.4. The number of nitro groups is 1. The van der Waals surface area contributed by atoms with Crippen LogP contribution >= 0.6 is 0 Å². The van der Waals surface area contributed by atoms with E-state index in [0.717, 1.165) is 44.0 Å². The van der Waals surface area contributed by atoms with Crippen LogP contribution < -0.4 is 10.2 Å². The fourth-order valence-electron chi connectivity index (χ4n) is 4.91. The van der Waals surface area contributed by atoms with E-state index in [1.54, 1.807) is 4.90 Å². The molecule has 0 aliphatic carbocycles. The van der Waals surface area contributed by atoms with E-state index < -0.39 is 22.4 Å². The number of amides is 1. The maximum atomic E-state index is 13.2. The second-order valence-corrected chi connectivity index (χ2v) is 9.52. The predicted octanol–water partition coefficient (Wildman–Crippen LogP) is 4.10. The molecule has 202 valence electrons. The van der Waals surface area contributed by atoms with Crippen molar-refractivity contribution in [1.82, 2.24) is 9.80 Å². The van der Waals surface area contributed by atoms with Crippen molar-refractivity contribution in [2.45, 2.75) is 31.5 Å². The summed E-state index contributed by atoms with van der Waals surface area (Å²) in [5.41, 5.74) is -0.364. The molecule has 0 radical (unpaired) electrons. The van der Waals surface area contributed by atoms with Gasteiger partial charge in [-0.1, -0.05) is 0 Å². The minimum absolute atomic E-state index is 0.0627. The number of hydrogen-bond donors (Lipinski definition) is 1. The zero-order chi connectivity index (χ0) is 27.3. The Hall–Kier alpha value is -3.85. The van der Waals surface area contributed by atoms with E-state index in [2.05, 4.69) is 21.2 Å². The third kappa shape index (κ3) is 6.72. The fourth-order valence-corrected chi connectivity index (χ4v) is 4.91. The van der Waals surface area contributed by atoms with Crippen molar-refractivity contribution in [2.75, 3.05) is 56.0 Å². The Morgan fingerprint density at radius 1 is 1.05 bits per heavy atom. The lowest BCUT2D eigenvalue weighted by atomic mass is 10.0. The normalized spacial score (nSPS) is 17.2. The maximum absolute atomic E-state index is 13.2. The molecule has 12 heteroatoms. The molecule has 2 heterocycles. The molecule has 4 rings (SSSR count). The second kappa shape index (κ2) is 11.7. The van der Waals surface area contributed by atoms with Crippen molar-refractivity contribution in [3.8, 4) is 6.07 Å². The molecule has 2 aliphatic heterocycles. The minimum atomic E-state index is -4.83. The predicted molar refractivity (Wildman–Crippen MR) is 136 cm³/mol. The van der Waals surface area contributed by atoms with Crippen LogP contribution in [0.5, 0.6) is 0 Å². The summed E-state index contributed by atoms with van der Waals surface area (Å²) in [7, 11) is 0. The standard InChI is InChI=1S/C26H29F3N6O3/c27-26(28,29)23-17-21(3-6-24(23)35(37)38)31-20-7-11-34(12-8-20)25(36)9-10-32-13-15-33(16-14-32)22-4-1-19(18-30)2-5-22/h1-6,17,20,31H,7-16H2. The smallest absolute Gasteiger partial charge is 0.382 e. The molecule has 0 atom stereocenters. The molecular formula is C26H29F3N6O3. The van der Waals surface area contributed by atoms with Crippen LogP contribution in [-0.4, -0.2) is 72.5 Å². The third-order valence-corrected chi connectivity index (χ3v) is 7.09. The largest absolute Gasteiger partial charge is 0.423 e. The van der Waals surface area contributed by atoms with Crippen molar-refractivity contribution in [3.63, 3.8) is 0 Å². The molecule has 9 nitrogen and oxygen atoms in total. The molecule has 1 amide bonds. The van der Waals surface area contributed by atoms with Gasteiger partial charge in [0.15, 0.2) is 0 Å². The monoisotopic (exact) mass is 530 g/mol. The lowest BCUT2D eigenvalue weighted by Gasteiger charge is -2.37. The van der Waals surface area contributed by atoms with Crippen molar-refractivity contribution in [3.05, 3.63) is 63.7 Å². The van der Waals surface area contributed by atoms with E-state index >= 15 is 0 Å². The average Bonchev–Trinajstić information content (AvgIpc) is 2.92. The molecule has 0 saturated carbocycles. The summed E-state index contributed by atoms with van der Waals surface area (Å²) in [5.74, 6) is 0.0627. The van der Waals surface area contributed by atoms with Gasteiger partial charge in [0.05, 0.1) is 16.6 Å².